The SMILES string of the molecule is COc1ccc(-c2nc3ccccc3c3c2cc([Si](C)(C)C)n3-c2ccccc2)cc1. The molecule has 3 nitrogen and oxygen atoms in total. The Morgan fingerprint density at radius 3 is 2.13 bits per heavy atom. The van der Waals surface area contributed by atoms with Gasteiger partial charge in [0.05, 0.1) is 31.9 Å². The van der Waals surface area contributed by atoms with E-state index in [0.29, 0.717) is 0 Å². The van der Waals surface area contributed by atoms with Crippen LogP contribution in [-0.4, -0.2) is 24.7 Å². The molecule has 154 valence electrons. The third kappa shape index (κ3) is 3.33. The summed E-state index contributed by atoms with van der Waals surface area (Å²) in [5.41, 5.74) is 5.57. The third-order valence-electron chi connectivity index (χ3n) is 5.79. The van der Waals surface area contributed by atoms with Crippen molar-refractivity contribution in [3.63, 3.8) is 0 Å². The Bertz CT molecular complexity index is 1380. The molecule has 0 radical (unpaired) electrons. The lowest BCUT2D eigenvalue weighted by atomic mass is 10.0. The van der Waals surface area contributed by atoms with E-state index in [1.165, 1.54) is 27.3 Å². The number of hydrogen-bond acceptors (Lipinski definition) is 2. The Morgan fingerprint density at radius 1 is 0.774 bits per heavy atom. The van der Waals surface area contributed by atoms with Crippen molar-refractivity contribution in [3.8, 4) is 22.7 Å². The summed E-state index contributed by atoms with van der Waals surface area (Å²) < 4.78 is 7.84. The molecule has 0 N–H and O–H groups in total. The average molecular weight is 423 g/mol. The molecule has 31 heavy (non-hydrogen) atoms. The van der Waals surface area contributed by atoms with Crippen molar-refractivity contribution in [1.29, 1.82) is 0 Å². The number of aromatic nitrogens is 2. The van der Waals surface area contributed by atoms with Crippen LogP contribution >= 0.6 is 0 Å². The van der Waals surface area contributed by atoms with E-state index in [2.05, 4.69) is 97.0 Å². The highest BCUT2D eigenvalue weighted by Crippen LogP contribution is 2.35. The van der Waals surface area contributed by atoms with Crippen LogP contribution in [0.5, 0.6) is 5.75 Å². The van der Waals surface area contributed by atoms with Crippen LogP contribution in [0.1, 0.15) is 0 Å². The second kappa shape index (κ2) is 7.40. The number of pyridine rings is 1. The maximum absolute atomic E-state index is 5.37. The summed E-state index contributed by atoms with van der Waals surface area (Å²) in [5.74, 6) is 0.852. The molecule has 0 aliphatic carbocycles. The van der Waals surface area contributed by atoms with Gasteiger partial charge in [-0.05, 0) is 48.5 Å². The summed E-state index contributed by atoms with van der Waals surface area (Å²) in [6.07, 6.45) is 0. The molecule has 0 spiro atoms. The van der Waals surface area contributed by atoms with Crippen molar-refractivity contribution in [2.24, 2.45) is 0 Å². The molecular formula is C27H26N2OSi. The van der Waals surface area contributed by atoms with Crippen molar-refractivity contribution in [2.45, 2.75) is 19.6 Å². The van der Waals surface area contributed by atoms with Gasteiger partial charge < -0.3 is 9.30 Å². The number of rotatable bonds is 4. The van der Waals surface area contributed by atoms with E-state index in [9.17, 15) is 0 Å². The molecule has 5 rings (SSSR count). The Hall–Kier alpha value is -3.37. The fourth-order valence-electron chi connectivity index (χ4n) is 4.27. The number of ether oxygens (including phenoxy) is 1. The average Bonchev–Trinajstić information content (AvgIpc) is 3.21. The first-order chi connectivity index (χ1) is 15.0. The van der Waals surface area contributed by atoms with Gasteiger partial charge in [-0.25, -0.2) is 4.98 Å². The molecule has 0 amide bonds. The lowest BCUT2D eigenvalue weighted by molar-refractivity contribution is 0.415. The van der Waals surface area contributed by atoms with Gasteiger partial charge in [0.1, 0.15) is 5.75 Å². The van der Waals surface area contributed by atoms with Crippen LogP contribution in [-0.2, 0) is 0 Å². The maximum Gasteiger partial charge on any atom is 0.118 e. The van der Waals surface area contributed by atoms with E-state index in [1.54, 1.807) is 7.11 Å². The number of hydrogen-bond donors (Lipinski definition) is 0. The summed E-state index contributed by atoms with van der Waals surface area (Å²) in [6.45, 7) is 7.22. The standard InChI is InChI=1S/C27H26N2OSi/c1-30-21-16-14-19(15-17-21)26-23-18-25(31(2,3)4)29(20-10-6-5-7-11-20)27(23)22-12-8-9-13-24(22)28-26/h5-18H,1-4H3. The Kier molecular flexibility index (Phi) is 4.67. The van der Waals surface area contributed by atoms with Crippen molar-refractivity contribution >= 4 is 35.2 Å². The Labute approximate surface area is 184 Å². The number of nitrogens with zero attached hydrogens (tertiary/aromatic N) is 2. The van der Waals surface area contributed by atoms with E-state index in [1.807, 2.05) is 12.1 Å². The van der Waals surface area contributed by atoms with E-state index >= 15 is 0 Å². The van der Waals surface area contributed by atoms with Gasteiger partial charge in [-0.15, -0.1) is 0 Å². The van der Waals surface area contributed by atoms with Gasteiger partial charge >= 0.3 is 0 Å². The van der Waals surface area contributed by atoms with Crippen LogP contribution in [0.2, 0.25) is 19.6 Å². The van der Waals surface area contributed by atoms with Crippen LogP contribution in [0.3, 0.4) is 0 Å². The minimum absolute atomic E-state index is 0.852. The third-order valence-corrected chi connectivity index (χ3v) is 7.70. The summed E-state index contributed by atoms with van der Waals surface area (Å²) >= 11 is 0. The zero-order valence-corrected chi connectivity index (χ0v) is 19.4. The topological polar surface area (TPSA) is 27.1 Å². The maximum atomic E-state index is 5.37. The van der Waals surface area contributed by atoms with Crippen molar-refractivity contribution in [2.75, 3.05) is 7.11 Å². The number of para-hydroxylation sites is 2. The highest BCUT2D eigenvalue weighted by Gasteiger charge is 2.26. The summed E-state index contributed by atoms with van der Waals surface area (Å²) in [5, 5.41) is 3.79. The van der Waals surface area contributed by atoms with Crippen LogP contribution in [0.4, 0.5) is 0 Å². The molecule has 0 saturated carbocycles. The molecule has 3 aromatic carbocycles. The van der Waals surface area contributed by atoms with Gasteiger partial charge in [0, 0.05) is 27.3 Å². The van der Waals surface area contributed by atoms with Crippen LogP contribution in [0, 0.1) is 0 Å². The van der Waals surface area contributed by atoms with Gasteiger partial charge in [0.25, 0.3) is 0 Å². The molecule has 0 unspecified atom stereocenters. The first kappa shape index (κ1) is 19.6. The first-order valence-corrected chi connectivity index (χ1v) is 14.1. The molecular weight excluding hydrogens is 396 g/mol. The molecule has 2 aromatic heterocycles. The molecule has 0 aliphatic rings. The molecule has 0 aliphatic heterocycles. The monoisotopic (exact) mass is 422 g/mol. The van der Waals surface area contributed by atoms with E-state index in [4.69, 9.17) is 9.72 Å². The normalized spacial score (nSPS) is 11.9. The summed E-state index contributed by atoms with van der Waals surface area (Å²) in [4.78, 5) is 5.12. The van der Waals surface area contributed by atoms with Crippen molar-refractivity contribution in [3.05, 3.63) is 84.9 Å². The summed E-state index contributed by atoms with van der Waals surface area (Å²) in [6, 6.07) is 29.8. The highest BCUT2D eigenvalue weighted by atomic mass is 28.3. The molecule has 0 fully saturated rings. The van der Waals surface area contributed by atoms with E-state index in [-0.39, 0.29) is 0 Å². The highest BCUT2D eigenvalue weighted by molar-refractivity contribution is 6.88. The Balaban J connectivity index is 1.95. The molecule has 5 aromatic rings. The number of fused-ring (bicyclic) bond motifs is 3. The quantitative estimate of drug-likeness (QED) is 0.313. The lowest BCUT2D eigenvalue weighted by Gasteiger charge is -2.21. The van der Waals surface area contributed by atoms with Gasteiger partial charge in [-0.2, -0.15) is 0 Å². The zero-order valence-electron chi connectivity index (χ0n) is 18.4. The van der Waals surface area contributed by atoms with Crippen LogP contribution in [0.25, 0.3) is 38.8 Å². The Morgan fingerprint density at radius 2 is 1.45 bits per heavy atom. The number of methoxy groups -OCH3 is 1. The van der Waals surface area contributed by atoms with Gasteiger partial charge in [0.2, 0.25) is 0 Å². The fraction of sp³-hybridized carbons (Fsp3) is 0.148. The van der Waals surface area contributed by atoms with Crippen molar-refractivity contribution < 1.29 is 4.74 Å². The van der Waals surface area contributed by atoms with Gasteiger partial charge in [-0.1, -0.05) is 56.0 Å². The number of benzene rings is 3. The largest absolute Gasteiger partial charge is 0.497 e. The van der Waals surface area contributed by atoms with Gasteiger partial charge in [-0.3, -0.25) is 0 Å². The smallest absolute Gasteiger partial charge is 0.118 e. The van der Waals surface area contributed by atoms with Crippen molar-refractivity contribution in [1.82, 2.24) is 9.55 Å². The van der Waals surface area contributed by atoms with Gasteiger partial charge in [0.15, 0.2) is 0 Å². The predicted molar refractivity (Wildman–Crippen MR) is 134 cm³/mol. The first-order valence-electron chi connectivity index (χ1n) is 10.6. The minimum Gasteiger partial charge on any atom is -0.497 e. The van der Waals surface area contributed by atoms with E-state index < -0.39 is 8.07 Å². The van der Waals surface area contributed by atoms with Crippen LogP contribution < -0.4 is 10.1 Å². The molecule has 0 atom stereocenters. The second-order valence-electron chi connectivity index (χ2n) is 8.92. The fourth-order valence-corrected chi connectivity index (χ4v) is 5.76. The predicted octanol–water partition coefficient (Wildman–Crippen LogP) is 6.40. The molecule has 4 heteroatoms. The minimum atomic E-state index is -1.65. The summed E-state index contributed by atoms with van der Waals surface area (Å²) in [7, 11) is 0.0416. The second-order valence-corrected chi connectivity index (χ2v) is 13.9. The molecule has 0 saturated heterocycles. The lowest BCUT2D eigenvalue weighted by Crippen LogP contribution is -2.42. The van der Waals surface area contributed by atoms with E-state index in [0.717, 1.165) is 22.5 Å². The molecule has 0 bridgehead atoms. The van der Waals surface area contributed by atoms with Crippen LogP contribution in [0.15, 0.2) is 84.9 Å². The molecule has 2 heterocycles. The zero-order chi connectivity index (χ0) is 21.6.